The molecule has 3 amide bonds. The molecule has 0 aromatic heterocycles. The fourth-order valence-electron chi connectivity index (χ4n) is 2.94. The number of rotatable bonds is 11. The largest absolute Gasteiger partial charge is 0.494 e. The second-order valence-electron chi connectivity index (χ2n) is 7.80. The number of hydrazone groups is 1. The summed E-state index contributed by atoms with van der Waals surface area (Å²) < 4.78 is 24.0. The van der Waals surface area contributed by atoms with E-state index in [0.717, 1.165) is 12.8 Å². The molecule has 3 aromatic carbocycles. The number of hydrogen-bond donors (Lipinski definition) is 3. The minimum absolute atomic E-state index is 0.263. The molecule has 3 rings (SSSR count). The zero-order valence-corrected chi connectivity index (χ0v) is 20.2. The quantitative estimate of drug-likeness (QED) is 0.157. The van der Waals surface area contributed by atoms with Crippen molar-refractivity contribution >= 4 is 35.3 Å². The van der Waals surface area contributed by atoms with Crippen molar-refractivity contribution in [2.24, 2.45) is 5.10 Å². The van der Waals surface area contributed by atoms with Crippen LogP contribution in [-0.4, -0.2) is 37.1 Å². The fraction of sp³-hybridized carbons (Fsp3) is 0.185. The first-order valence-corrected chi connectivity index (χ1v) is 11.6. The summed E-state index contributed by atoms with van der Waals surface area (Å²) in [6.45, 7) is 2.43. The van der Waals surface area contributed by atoms with Gasteiger partial charge in [-0.25, -0.2) is 9.82 Å². The number of carbonyl (C=O) groups is 3. The normalized spacial score (nSPS) is 10.5. The summed E-state index contributed by atoms with van der Waals surface area (Å²) in [5.41, 5.74) is 3.62. The lowest BCUT2D eigenvalue weighted by atomic mass is 10.2. The Morgan fingerprint density at radius 3 is 2.30 bits per heavy atom. The molecule has 0 spiro atoms. The second-order valence-corrected chi connectivity index (χ2v) is 7.80. The zero-order chi connectivity index (χ0) is 26.5. The summed E-state index contributed by atoms with van der Waals surface area (Å²) >= 11 is 0. The molecule has 10 heteroatoms. The number of halogens is 1. The third-order valence-electron chi connectivity index (χ3n) is 4.82. The predicted octanol–water partition coefficient (Wildman–Crippen LogP) is 4.11. The zero-order valence-electron chi connectivity index (χ0n) is 20.2. The maximum absolute atomic E-state index is 12.9. The highest BCUT2D eigenvalue weighted by molar-refractivity contribution is 6.39. The van der Waals surface area contributed by atoms with Gasteiger partial charge >= 0.3 is 11.8 Å². The van der Waals surface area contributed by atoms with Crippen molar-refractivity contribution in [3.63, 3.8) is 0 Å². The van der Waals surface area contributed by atoms with Crippen molar-refractivity contribution in [3.05, 3.63) is 84.2 Å². The van der Waals surface area contributed by atoms with Crippen LogP contribution in [0.2, 0.25) is 0 Å². The highest BCUT2D eigenvalue weighted by Crippen LogP contribution is 2.16. The molecule has 192 valence electrons. The van der Waals surface area contributed by atoms with E-state index in [1.165, 1.54) is 30.5 Å². The molecule has 3 N–H and O–H groups in total. The summed E-state index contributed by atoms with van der Waals surface area (Å²) in [6, 6.07) is 18.7. The van der Waals surface area contributed by atoms with Gasteiger partial charge in [-0.3, -0.25) is 14.4 Å². The van der Waals surface area contributed by atoms with Crippen LogP contribution in [0.4, 0.5) is 15.8 Å². The summed E-state index contributed by atoms with van der Waals surface area (Å²) in [5.74, 6) is -1.56. The van der Waals surface area contributed by atoms with E-state index in [2.05, 4.69) is 28.1 Å². The first kappa shape index (κ1) is 26.9. The van der Waals surface area contributed by atoms with Gasteiger partial charge in [0.1, 0.15) is 17.3 Å². The van der Waals surface area contributed by atoms with Gasteiger partial charge in [-0.05, 0) is 72.6 Å². The van der Waals surface area contributed by atoms with Crippen LogP contribution < -0.4 is 25.5 Å². The van der Waals surface area contributed by atoms with Crippen molar-refractivity contribution in [1.29, 1.82) is 0 Å². The van der Waals surface area contributed by atoms with Gasteiger partial charge in [-0.15, -0.1) is 0 Å². The van der Waals surface area contributed by atoms with Gasteiger partial charge in [0.15, 0.2) is 6.61 Å². The Hall–Kier alpha value is -4.73. The first-order chi connectivity index (χ1) is 17.9. The number of unbranched alkanes of at least 4 members (excludes halogenated alkanes) is 1. The first-order valence-electron chi connectivity index (χ1n) is 11.6. The van der Waals surface area contributed by atoms with E-state index in [1.807, 2.05) is 0 Å². The minimum Gasteiger partial charge on any atom is -0.494 e. The molecule has 0 saturated heterocycles. The third-order valence-corrected chi connectivity index (χ3v) is 4.82. The SMILES string of the molecule is CCCCOc1ccc(NC(=O)C(=O)N/N=C\c2cccc(OCC(=O)Nc3ccc(F)cc3)c2)cc1. The molecule has 0 saturated carbocycles. The molecule has 0 aliphatic heterocycles. The molecule has 0 fully saturated rings. The molecule has 0 atom stereocenters. The highest BCUT2D eigenvalue weighted by atomic mass is 19.1. The topological polar surface area (TPSA) is 118 Å². The lowest BCUT2D eigenvalue weighted by Gasteiger charge is -2.08. The number of ether oxygens (including phenoxy) is 2. The second kappa shape index (κ2) is 14.0. The third kappa shape index (κ3) is 9.44. The van der Waals surface area contributed by atoms with Gasteiger partial charge in [0.2, 0.25) is 0 Å². The van der Waals surface area contributed by atoms with Crippen LogP contribution in [0.25, 0.3) is 0 Å². The van der Waals surface area contributed by atoms with E-state index >= 15 is 0 Å². The van der Waals surface area contributed by atoms with Crippen LogP contribution in [0.3, 0.4) is 0 Å². The van der Waals surface area contributed by atoms with Crippen molar-refractivity contribution in [2.75, 3.05) is 23.8 Å². The molecule has 37 heavy (non-hydrogen) atoms. The summed E-state index contributed by atoms with van der Waals surface area (Å²) in [7, 11) is 0. The number of carbonyl (C=O) groups excluding carboxylic acids is 3. The molecule has 0 unspecified atom stereocenters. The van der Waals surface area contributed by atoms with Crippen molar-refractivity contribution in [1.82, 2.24) is 5.43 Å². The summed E-state index contributed by atoms with van der Waals surface area (Å²) in [5, 5.41) is 8.87. The fourth-order valence-corrected chi connectivity index (χ4v) is 2.94. The standard InChI is InChI=1S/C27H27FN4O5/c1-2-3-15-36-23-13-11-22(12-14-23)31-26(34)27(35)32-29-17-19-5-4-6-24(16-19)37-18-25(33)30-21-9-7-20(28)8-10-21/h4-14,16-17H,2-3,15,18H2,1H3,(H,30,33)(H,31,34)(H,32,35)/b29-17-. The Bertz CT molecular complexity index is 1230. The Balaban J connectivity index is 1.43. The highest BCUT2D eigenvalue weighted by Gasteiger charge is 2.13. The summed E-state index contributed by atoms with van der Waals surface area (Å²) in [6.07, 6.45) is 3.31. The van der Waals surface area contributed by atoms with Crippen LogP contribution in [0, 0.1) is 5.82 Å². The average molecular weight is 507 g/mol. The maximum atomic E-state index is 12.9. The van der Waals surface area contributed by atoms with E-state index in [9.17, 15) is 18.8 Å². The van der Waals surface area contributed by atoms with E-state index < -0.39 is 23.5 Å². The van der Waals surface area contributed by atoms with E-state index in [0.29, 0.717) is 35.0 Å². The Morgan fingerprint density at radius 1 is 0.865 bits per heavy atom. The molecule has 0 heterocycles. The van der Waals surface area contributed by atoms with Gasteiger partial charge in [0, 0.05) is 11.4 Å². The molecule has 0 radical (unpaired) electrons. The van der Waals surface area contributed by atoms with Crippen LogP contribution in [0.5, 0.6) is 11.5 Å². The molecular formula is C27H27FN4O5. The number of nitrogens with zero attached hydrogens (tertiary/aromatic N) is 1. The number of benzene rings is 3. The van der Waals surface area contributed by atoms with E-state index in [-0.39, 0.29) is 6.61 Å². The summed E-state index contributed by atoms with van der Waals surface area (Å²) in [4.78, 5) is 36.2. The molecule has 3 aromatic rings. The van der Waals surface area contributed by atoms with Gasteiger partial charge in [0.25, 0.3) is 5.91 Å². The Labute approximate surface area is 213 Å². The lowest BCUT2D eigenvalue weighted by molar-refractivity contribution is -0.136. The van der Waals surface area contributed by atoms with Crippen LogP contribution >= 0.6 is 0 Å². The molecule has 0 bridgehead atoms. The lowest BCUT2D eigenvalue weighted by Crippen LogP contribution is -2.32. The van der Waals surface area contributed by atoms with Crippen molar-refractivity contribution in [3.8, 4) is 11.5 Å². The predicted molar refractivity (Wildman–Crippen MR) is 138 cm³/mol. The van der Waals surface area contributed by atoms with Gasteiger partial charge in [0.05, 0.1) is 12.8 Å². The van der Waals surface area contributed by atoms with Crippen LogP contribution in [-0.2, 0) is 14.4 Å². The number of anilines is 2. The van der Waals surface area contributed by atoms with E-state index in [4.69, 9.17) is 9.47 Å². The molecule has 0 aliphatic carbocycles. The molecular weight excluding hydrogens is 479 g/mol. The van der Waals surface area contributed by atoms with Gasteiger partial charge < -0.3 is 20.1 Å². The molecule has 0 aliphatic rings. The van der Waals surface area contributed by atoms with Gasteiger partial charge in [-0.1, -0.05) is 25.5 Å². The number of nitrogens with one attached hydrogen (secondary N) is 3. The Kier molecular flexibility index (Phi) is 10.2. The Morgan fingerprint density at radius 2 is 1.57 bits per heavy atom. The van der Waals surface area contributed by atoms with Crippen LogP contribution in [0.1, 0.15) is 25.3 Å². The smallest absolute Gasteiger partial charge is 0.329 e. The van der Waals surface area contributed by atoms with Crippen molar-refractivity contribution in [2.45, 2.75) is 19.8 Å². The van der Waals surface area contributed by atoms with Gasteiger partial charge in [-0.2, -0.15) is 5.10 Å². The van der Waals surface area contributed by atoms with E-state index in [1.54, 1.807) is 48.5 Å². The van der Waals surface area contributed by atoms with Crippen molar-refractivity contribution < 1.29 is 28.2 Å². The minimum atomic E-state index is -0.940. The maximum Gasteiger partial charge on any atom is 0.329 e. The molecule has 9 nitrogen and oxygen atoms in total. The average Bonchev–Trinajstić information content (AvgIpc) is 2.90. The van der Waals surface area contributed by atoms with Crippen LogP contribution in [0.15, 0.2) is 77.9 Å². The monoisotopic (exact) mass is 506 g/mol. The number of hydrogen-bond acceptors (Lipinski definition) is 6. The number of amides is 3.